The van der Waals surface area contributed by atoms with Crippen molar-refractivity contribution < 1.29 is 19.0 Å². The summed E-state index contributed by atoms with van der Waals surface area (Å²) in [7, 11) is 1.74. The molecule has 0 bridgehead atoms. The molecule has 2 atom stereocenters. The Labute approximate surface area is 198 Å². The van der Waals surface area contributed by atoms with Crippen molar-refractivity contribution in [2.24, 2.45) is 4.99 Å². The van der Waals surface area contributed by atoms with Crippen molar-refractivity contribution in [2.45, 2.75) is 77.9 Å². The molecule has 2 unspecified atom stereocenters. The summed E-state index contributed by atoms with van der Waals surface area (Å²) in [5.41, 5.74) is 0.114. The molecule has 174 valence electrons. The first-order chi connectivity index (χ1) is 13.5. The zero-order valence-corrected chi connectivity index (χ0v) is 21.7. The van der Waals surface area contributed by atoms with Gasteiger partial charge in [-0.2, -0.15) is 0 Å². The number of hydrogen-bond donors (Lipinski definition) is 2. The molecule has 0 aromatic heterocycles. The number of aliphatic imine (C=N–C) groups is 1. The number of amides is 1. The van der Waals surface area contributed by atoms with E-state index in [1.54, 1.807) is 11.9 Å². The van der Waals surface area contributed by atoms with Crippen LogP contribution in [0.1, 0.15) is 54.4 Å². The second-order valence-electron chi connectivity index (χ2n) is 9.00. The smallest absolute Gasteiger partial charge is 0.412 e. The van der Waals surface area contributed by atoms with Crippen LogP contribution in [-0.2, 0) is 14.2 Å². The van der Waals surface area contributed by atoms with E-state index in [1.165, 1.54) is 5.57 Å². The number of halogens is 1. The minimum absolute atomic E-state index is 0. The molecular weight excluding hydrogens is 499 g/mol. The van der Waals surface area contributed by atoms with Gasteiger partial charge in [-0.25, -0.2) is 4.79 Å². The molecule has 9 heteroatoms. The Balaban J connectivity index is 0.00000450. The van der Waals surface area contributed by atoms with Gasteiger partial charge in [0.25, 0.3) is 0 Å². The predicted molar refractivity (Wildman–Crippen MR) is 129 cm³/mol. The molecule has 1 saturated heterocycles. The Hall–Kier alpha value is -1.07. The van der Waals surface area contributed by atoms with Crippen LogP contribution >= 0.6 is 24.0 Å². The Morgan fingerprint density at radius 2 is 2.07 bits per heavy atom. The maximum atomic E-state index is 12.8. The van der Waals surface area contributed by atoms with E-state index in [1.807, 2.05) is 41.5 Å². The highest BCUT2D eigenvalue weighted by molar-refractivity contribution is 14.0. The van der Waals surface area contributed by atoms with Gasteiger partial charge in [-0.15, -0.1) is 24.0 Å². The molecule has 0 aromatic carbocycles. The van der Waals surface area contributed by atoms with Crippen molar-refractivity contribution in [1.82, 2.24) is 15.5 Å². The lowest BCUT2D eigenvalue weighted by atomic mass is 10.1. The van der Waals surface area contributed by atoms with E-state index >= 15 is 0 Å². The highest BCUT2D eigenvalue weighted by Gasteiger charge is 2.49. The number of nitrogens with one attached hydrogen (secondary N) is 2. The van der Waals surface area contributed by atoms with E-state index in [9.17, 15) is 4.79 Å². The first-order valence-electron chi connectivity index (χ1n) is 10.4. The minimum atomic E-state index is -0.736. The van der Waals surface area contributed by atoms with Gasteiger partial charge in [0.1, 0.15) is 11.3 Å². The summed E-state index contributed by atoms with van der Waals surface area (Å²) in [5.74, 6) is 0.707. The van der Waals surface area contributed by atoms with Crippen molar-refractivity contribution in [3.8, 4) is 0 Å². The van der Waals surface area contributed by atoms with Crippen molar-refractivity contribution >= 4 is 36.0 Å². The molecule has 2 heterocycles. The molecular formula is C21H39IN4O4. The average molecular weight is 538 g/mol. The van der Waals surface area contributed by atoms with Crippen LogP contribution < -0.4 is 10.6 Å². The van der Waals surface area contributed by atoms with Gasteiger partial charge in [0.15, 0.2) is 5.96 Å². The van der Waals surface area contributed by atoms with Gasteiger partial charge in [0.2, 0.25) is 0 Å². The molecule has 2 rings (SSSR count). The summed E-state index contributed by atoms with van der Waals surface area (Å²) < 4.78 is 17.0. The highest BCUT2D eigenvalue weighted by atomic mass is 127. The summed E-state index contributed by atoms with van der Waals surface area (Å²) >= 11 is 0. The normalized spacial score (nSPS) is 24.0. The fraction of sp³-hybridized carbons (Fsp3) is 0.810. The van der Waals surface area contributed by atoms with Crippen LogP contribution in [0.3, 0.4) is 0 Å². The number of carbonyl (C=O) groups is 1. The quantitative estimate of drug-likeness (QED) is 0.242. The third kappa shape index (κ3) is 7.88. The van der Waals surface area contributed by atoms with Gasteiger partial charge in [0, 0.05) is 20.1 Å². The summed E-state index contributed by atoms with van der Waals surface area (Å²) in [5, 5.41) is 6.67. The number of carbonyl (C=O) groups excluding carboxylic acids is 1. The highest BCUT2D eigenvalue weighted by Crippen LogP contribution is 2.33. The fourth-order valence-electron chi connectivity index (χ4n) is 3.68. The zero-order chi connectivity index (χ0) is 21.7. The van der Waals surface area contributed by atoms with Gasteiger partial charge >= 0.3 is 6.09 Å². The summed E-state index contributed by atoms with van der Waals surface area (Å²) in [6.07, 6.45) is 3.61. The van der Waals surface area contributed by atoms with Crippen LogP contribution in [0.5, 0.6) is 0 Å². The average Bonchev–Trinajstić information content (AvgIpc) is 2.85. The van der Waals surface area contributed by atoms with Crippen LogP contribution in [0, 0.1) is 0 Å². The lowest BCUT2D eigenvalue weighted by Crippen LogP contribution is -2.54. The molecule has 2 aliphatic heterocycles. The van der Waals surface area contributed by atoms with Crippen molar-refractivity contribution in [1.29, 1.82) is 0 Å². The lowest BCUT2D eigenvalue weighted by Gasteiger charge is -2.35. The Morgan fingerprint density at radius 1 is 1.37 bits per heavy atom. The van der Waals surface area contributed by atoms with Crippen molar-refractivity contribution in [2.75, 3.05) is 33.4 Å². The third-order valence-electron chi connectivity index (χ3n) is 5.02. The molecule has 1 fully saturated rings. The van der Waals surface area contributed by atoms with Crippen LogP contribution in [0.2, 0.25) is 0 Å². The number of guanidine groups is 1. The minimum Gasteiger partial charge on any atom is -0.444 e. The van der Waals surface area contributed by atoms with Gasteiger partial charge in [-0.05, 0) is 54.4 Å². The van der Waals surface area contributed by atoms with Crippen LogP contribution in [0.15, 0.2) is 16.6 Å². The molecule has 0 aliphatic carbocycles. The first-order valence-corrected chi connectivity index (χ1v) is 10.4. The number of ether oxygens (including phenoxy) is 3. The molecule has 0 radical (unpaired) electrons. The predicted octanol–water partition coefficient (Wildman–Crippen LogP) is 3.27. The monoisotopic (exact) mass is 538 g/mol. The maximum Gasteiger partial charge on any atom is 0.412 e. The van der Waals surface area contributed by atoms with Crippen LogP contribution in [0.4, 0.5) is 4.79 Å². The van der Waals surface area contributed by atoms with Crippen molar-refractivity contribution in [3.63, 3.8) is 0 Å². The summed E-state index contributed by atoms with van der Waals surface area (Å²) in [6.45, 7) is 14.2. The molecule has 30 heavy (non-hydrogen) atoms. The van der Waals surface area contributed by atoms with E-state index in [-0.39, 0.29) is 42.2 Å². The maximum absolute atomic E-state index is 12.8. The number of rotatable bonds is 5. The largest absolute Gasteiger partial charge is 0.444 e. The molecule has 8 nitrogen and oxygen atoms in total. The van der Waals surface area contributed by atoms with E-state index in [4.69, 9.17) is 14.2 Å². The van der Waals surface area contributed by atoms with Gasteiger partial charge in [-0.3, -0.25) is 9.89 Å². The number of nitrogens with zero attached hydrogens (tertiary/aromatic N) is 2. The van der Waals surface area contributed by atoms with E-state index in [2.05, 4.69) is 21.7 Å². The first kappa shape index (κ1) is 27.0. The Bertz CT molecular complexity index is 631. The van der Waals surface area contributed by atoms with Gasteiger partial charge in [0.05, 0.1) is 25.4 Å². The van der Waals surface area contributed by atoms with Crippen LogP contribution in [-0.4, -0.2) is 73.8 Å². The SMILES string of the molecule is CN=C(NCCC1=CCOCC1)NCC1C(C)OC(C)(C)N1C(=O)OC(C)(C)C.I. The summed E-state index contributed by atoms with van der Waals surface area (Å²) in [4.78, 5) is 18.8. The van der Waals surface area contributed by atoms with E-state index in [0.29, 0.717) is 19.1 Å². The second kappa shape index (κ2) is 11.5. The van der Waals surface area contributed by atoms with E-state index in [0.717, 1.165) is 26.0 Å². The van der Waals surface area contributed by atoms with E-state index < -0.39 is 11.3 Å². The molecule has 2 aliphatic rings. The van der Waals surface area contributed by atoms with Gasteiger partial charge in [-0.1, -0.05) is 11.6 Å². The Morgan fingerprint density at radius 3 is 2.63 bits per heavy atom. The Kier molecular flexibility index (Phi) is 10.4. The molecule has 0 spiro atoms. The third-order valence-corrected chi connectivity index (χ3v) is 5.02. The topological polar surface area (TPSA) is 84.4 Å². The van der Waals surface area contributed by atoms with Gasteiger partial charge < -0.3 is 24.8 Å². The molecule has 2 N–H and O–H groups in total. The van der Waals surface area contributed by atoms with Crippen molar-refractivity contribution in [3.05, 3.63) is 11.6 Å². The molecule has 0 aromatic rings. The lowest BCUT2D eigenvalue weighted by molar-refractivity contribution is -0.0755. The summed E-state index contributed by atoms with van der Waals surface area (Å²) in [6, 6.07) is -0.170. The fourth-order valence-corrected chi connectivity index (χ4v) is 3.68. The van der Waals surface area contributed by atoms with Crippen LogP contribution in [0.25, 0.3) is 0 Å². The zero-order valence-electron chi connectivity index (χ0n) is 19.4. The second-order valence-corrected chi connectivity index (χ2v) is 9.00. The molecule has 0 saturated carbocycles. The standard InChI is InChI=1S/C21H38N4O4.HI/c1-15-17(25(21(5,6)28-15)19(26)29-20(2,3)4)14-24-18(22-7)23-11-8-16-9-12-27-13-10-16;/h9,15,17H,8,10-14H2,1-7H3,(H2,22,23,24);1H. The molecule has 1 amide bonds. The number of hydrogen-bond acceptors (Lipinski definition) is 5.